The molecule has 0 fully saturated rings. The molecule has 6 heteroatoms. The van der Waals surface area contributed by atoms with Gasteiger partial charge in [-0.25, -0.2) is 0 Å². The Morgan fingerprint density at radius 1 is 1.64 bits per heavy atom. The van der Waals surface area contributed by atoms with E-state index in [9.17, 15) is 0 Å². The first-order valence-corrected chi connectivity index (χ1v) is 7.65. The predicted molar refractivity (Wildman–Crippen MR) is 33.4 cm³/mol. The molecule has 1 rings (SSSR count). The van der Waals surface area contributed by atoms with Crippen molar-refractivity contribution in [2.45, 2.75) is 17.8 Å². The van der Waals surface area contributed by atoms with E-state index in [0.717, 1.165) is 7.63 Å². The van der Waals surface area contributed by atoms with Crippen LogP contribution >= 0.6 is 0 Å². The summed E-state index contributed by atoms with van der Waals surface area (Å²) in [6, 6.07) is 0. The SMILES string of the molecule is CC(C)[I-]c1cn([I-]N)nn1. The molecule has 0 saturated carbocycles. The fraction of sp³-hybridized carbons (Fsp3) is 0.600. The monoisotopic (exact) mass is 380 g/mol. The normalized spacial score (nSPS) is 11.6. The Bertz CT molecular complexity index is 222. The van der Waals surface area contributed by atoms with Gasteiger partial charge in [0.25, 0.3) is 0 Å². The zero-order chi connectivity index (χ0) is 8.27. The van der Waals surface area contributed by atoms with E-state index < -0.39 is 21.8 Å². The molecule has 2 N–H and O–H groups in total. The minimum absolute atomic E-state index is 0.0494. The van der Waals surface area contributed by atoms with Crippen molar-refractivity contribution in [3.8, 4) is 0 Å². The molecule has 0 aliphatic heterocycles. The van der Waals surface area contributed by atoms with Gasteiger partial charge in [-0.3, -0.25) is 0 Å². The molecule has 4 nitrogen and oxygen atoms in total. The van der Waals surface area contributed by atoms with Crippen molar-refractivity contribution in [3.63, 3.8) is 0 Å². The van der Waals surface area contributed by atoms with Crippen LogP contribution in [-0.4, -0.2) is 17.1 Å². The van der Waals surface area contributed by atoms with Crippen LogP contribution in [0.2, 0.25) is 0 Å². The summed E-state index contributed by atoms with van der Waals surface area (Å²) in [5.41, 5.74) is 0. The van der Waals surface area contributed by atoms with E-state index in [4.69, 9.17) is 3.95 Å². The fourth-order valence-corrected chi connectivity index (χ4v) is 3.63. The first-order valence-electron chi connectivity index (χ1n) is 3.12. The summed E-state index contributed by atoms with van der Waals surface area (Å²) in [5.74, 6) is 0. The molecule has 11 heavy (non-hydrogen) atoms. The molecular weight excluding hydrogens is 370 g/mol. The van der Waals surface area contributed by atoms with Crippen molar-refractivity contribution in [1.29, 1.82) is 0 Å². The molecule has 0 unspecified atom stereocenters. The number of aromatic nitrogens is 3. The van der Waals surface area contributed by atoms with Crippen LogP contribution < -0.4 is 46.9 Å². The van der Waals surface area contributed by atoms with Crippen molar-refractivity contribution in [3.05, 3.63) is 9.90 Å². The second-order valence-electron chi connectivity index (χ2n) is 2.15. The van der Waals surface area contributed by atoms with E-state index in [1.54, 1.807) is 2.90 Å². The third-order valence-corrected chi connectivity index (χ3v) is 4.29. The summed E-state index contributed by atoms with van der Waals surface area (Å²) in [6.07, 6.45) is 1.99. The van der Waals surface area contributed by atoms with Crippen molar-refractivity contribution < 1.29 is 43.0 Å². The maximum atomic E-state index is 5.48. The molecule has 66 valence electrons. The molecule has 1 aromatic heterocycles. The molecule has 0 amide bonds. The van der Waals surface area contributed by atoms with Crippen LogP contribution in [0.1, 0.15) is 13.8 Å². The average molecular weight is 380 g/mol. The van der Waals surface area contributed by atoms with E-state index >= 15 is 0 Å². The topological polar surface area (TPSA) is 56.7 Å². The number of hydrogen-bond donors (Lipinski definition) is 1. The first kappa shape index (κ1) is 9.65. The van der Waals surface area contributed by atoms with Crippen molar-refractivity contribution in [2.24, 2.45) is 3.95 Å². The average Bonchev–Trinajstić information content (AvgIpc) is 2.34. The molecule has 0 aliphatic carbocycles. The molecule has 0 bridgehead atoms. The summed E-state index contributed by atoms with van der Waals surface area (Å²) in [5, 5.41) is 7.94. The van der Waals surface area contributed by atoms with E-state index in [2.05, 4.69) is 24.2 Å². The van der Waals surface area contributed by atoms with Gasteiger partial charge in [0.15, 0.2) is 0 Å². The number of nitrogens with two attached hydrogens (primary N) is 1. The summed E-state index contributed by atoms with van der Waals surface area (Å²) in [4.78, 5) is 0. The van der Waals surface area contributed by atoms with Crippen molar-refractivity contribution in [2.75, 3.05) is 0 Å². The Labute approximate surface area is 87.1 Å². The standard InChI is InChI=1S/C5H10I2N4/c1-4(2)6-5-3-11(7-8)10-9-5/h3-4H,8H2,1-2H3/q-2. The Balaban J connectivity index is 2.58. The van der Waals surface area contributed by atoms with Crippen molar-refractivity contribution >= 4 is 0 Å². The van der Waals surface area contributed by atoms with Crippen LogP contribution in [0.5, 0.6) is 0 Å². The summed E-state index contributed by atoms with van der Waals surface area (Å²) in [6.45, 7) is 4.42. The molecule has 0 aliphatic rings. The summed E-state index contributed by atoms with van der Waals surface area (Å²) >= 11 is -0.386. The number of hydrogen-bond acceptors (Lipinski definition) is 3. The number of nitrogens with zero attached hydrogens (tertiary/aromatic N) is 3. The zero-order valence-corrected chi connectivity index (χ0v) is 10.6. The van der Waals surface area contributed by atoms with Gasteiger partial charge < -0.3 is 0 Å². The Kier molecular flexibility index (Phi) is 3.99. The van der Waals surface area contributed by atoms with Crippen LogP contribution in [0.4, 0.5) is 0 Å². The van der Waals surface area contributed by atoms with Gasteiger partial charge in [-0.1, -0.05) is 0 Å². The van der Waals surface area contributed by atoms with E-state index in [0.29, 0.717) is 0 Å². The summed E-state index contributed by atoms with van der Waals surface area (Å²) in [7, 11) is 0. The Morgan fingerprint density at radius 2 is 2.36 bits per heavy atom. The van der Waals surface area contributed by atoms with Crippen LogP contribution in [-0.2, 0) is 0 Å². The van der Waals surface area contributed by atoms with Crippen LogP contribution in [0, 0.1) is 3.70 Å². The van der Waals surface area contributed by atoms with Gasteiger partial charge in [-0.15, -0.1) is 0 Å². The number of rotatable bonds is 3. The molecule has 0 aromatic carbocycles. The van der Waals surface area contributed by atoms with Gasteiger partial charge in [-0.2, -0.15) is 0 Å². The quantitative estimate of drug-likeness (QED) is 0.323. The molecular formula is C5H10I2N4-2. The Morgan fingerprint density at radius 3 is 2.82 bits per heavy atom. The number of halogens is 2. The third kappa shape index (κ3) is 3.20. The van der Waals surface area contributed by atoms with Crippen molar-refractivity contribution in [1.82, 2.24) is 13.2 Å². The van der Waals surface area contributed by atoms with E-state index in [1.165, 1.54) is 0 Å². The third-order valence-electron chi connectivity index (χ3n) is 0.869. The van der Waals surface area contributed by atoms with Gasteiger partial charge in [0, 0.05) is 0 Å². The fourth-order valence-electron chi connectivity index (χ4n) is 0.546. The summed E-state index contributed by atoms with van der Waals surface area (Å²) < 4.78 is 9.15. The van der Waals surface area contributed by atoms with E-state index in [-0.39, 0.29) is 21.2 Å². The Hall–Kier alpha value is 0.560. The molecule has 0 spiro atoms. The number of alkyl halides is 1. The molecule has 0 radical (unpaired) electrons. The molecule has 1 heterocycles. The van der Waals surface area contributed by atoms with Crippen LogP contribution in [0.25, 0.3) is 0 Å². The van der Waals surface area contributed by atoms with Gasteiger partial charge in [-0.05, 0) is 0 Å². The second kappa shape index (κ2) is 4.55. The van der Waals surface area contributed by atoms with Gasteiger partial charge in [0.2, 0.25) is 0 Å². The second-order valence-corrected chi connectivity index (χ2v) is 7.92. The molecule has 0 saturated heterocycles. The predicted octanol–water partition coefficient (Wildman–Crippen LogP) is -6.33. The minimum atomic E-state index is -0.435. The molecule has 0 atom stereocenters. The van der Waals surface area contributed by atoms with Crippen LogP contribution in [0.3, 0.4) is 0 Å². The van der Waals surface area contributed by atoms with Gasteiger partial charge in [0.1, 0.15) is 0 Å². The molecule has 1 aromatic rings. The van der Waals surface area contributed by atoms with Crippen LogP contribution in [0.15, 0.2) is 6.20 Å². The first-order chi connectivity index (χ1) is 5.22. The van der Waals surface area contributed by atoms with Gasteiger partial charge >= 0.3 is 87.8 Å². The zero-order valence-electron chi connectivity index (χ0n) is 6.33. The van der Waals surface area contributed by atoms with Gasteiger partial charge in [0.05, 0.1) is 0 Å². The maximum absolute atomic E-state index is 5.48. The van der Waals surface area contributed by atoms with E-state index in [1.807, 2.05) is 6.20 Å².